The highest BCUT2D eigenvalue weighted by molar-refractivity contribution is 14.1. The van der Waals surface area contributed by atoms with Gasteiger partial charge in [0.2, 0.25) is 0 Å². The van der Waals surface area contributed by atoms with Gasteiger partial charge in [-0.25, -0.2) is 0 Å². The number of phenolic OH excluding ortho intramolecular Hbond substituents is 1. The van der Waals surface area contributed by atoms with Crippen LogP contribution >= 0.6 is 22.6 Å². The molecule has 0 atom stereocenters. The molecule has 1 N–H and O–H groups in total. The van der Waals surface area contributed by atoms with Crippen molar-refractivity contribution in [2.45, 2.75) is 6.92 Å². The van der Waals surface area contributed by atoms with Gasteiger partial charge in [-0.1, -0.05) is 0 Å². The third-order valence-electron chi connectivity index (χ3n) is 1.92. The minimum atomic E-state index is -0.0818. The third kappa shape index (κ3) is 1.50. The quantitative estimate of drug-likeness (QED) is 0.760. The Morgan fingerprint density at radius 2 is 2.07 bits per heavy atom. The molecule has 0 saturated carbocycles. The van der Waals surface area contributed by atoms with Crippen molar-refractivity contribution in [2.75, 3.05) is 0 Å². The minimum Gasteiger partial charge on any atom is -0.507 e. The standard InChI is InChI=1S/C10H7IO3/c1-5-2-8(12)6-3-7(11)9(13)4-10(6)14-5/h2-4,13H,1H3. The van der Waals surface area contributed by atoms with Crippen LogP contribution in [0.15, 0.2) is 27.4 Å². The first-order chi connectivity index (χ1) is 6.58. The van der Waals surface area contributed by atoms with Crippen LogP contribution in [0.25, 0.3) is 11.0 Å². The zero-order valence-electron chi connectivity index (χ0n) is 7.37. The van der Waals surface area contributed by atoms with E-state index in [4.69, 9.17) is 4.42 Å². The summed E-state index contributed by atoms with van der Waals surface area (Å²) in [4.78, 5) is 11.5. The number of aryl methyl sites for hydroxylation is 1. The third-order valence-corrected chi connectivity index (χ3v) is 2.78. The van der Waals surface area contributed by atoms with E-state index >= 15 is 0 Å². The molecular formula is C10H7IO3. The largest absolute Gasteiger partial charge is 0.507 e. The maximum Gasteiger partial charge on any atom is 0.192 e. The second-order valence-corrected chi connectivity index (χ2v) is 4.18. The lowest BCUT2D eigenvalue weighted by Gasteiger charge is -2.01. The lowest BCUT2D eigenvalue weighted by Crippen LogP contribution is -2.00. The normalized spacial score (nSPS) is 10.7. The zero-order valence-corrected chi connectivity index (χ0v) is 9.53. The van der Waals surface area contributed by atoms with Gasteiger partial charge in [-0.05, 0) is 35.6 Å². The van der Waals surface area contributed by atoms with Gasteiger partial charge in [-0.15, -0.1) is 0 Å². The highest BCUT2D eigenvalue weighted by atomic mass is 127. The van der Waals surface area contributed by atoms with Crippen molar-refractivity contribution in [3.05, 3.63) is 37.8 Å². The Kier molecular flexibility index (Phi) is 2.22. The molecule has 3 nitrogen and oxygen atoms in total. The molecule has 2 aromatic rings. The first kappa shape index (κ1) is 9.51. The molecule has 0 aliphatic rings. The van der Waals surface area contributed by atoms with E-state index in [0.717, 1.165) is 0 Å². The van der Waals surface area contributed by atoms with Crippen molar-refractivity contribution in [2.24, 2.45) is 0 Å². The average Bonchev–Trinajstić information content (AvgIpc) is 2.08. The van der Waals surface area contributed by atoms with Crippen molar-refractivity contribution in [1.29, 1.82) is 0 Å². The van der Waals surface area contributed by atoms with Crippen molar-refractivity contribution in [3.8, 4) is 5.75 Å². The van der Waals surface area contributed by atoms with E-state index in [-0.39, 0.29) is 11.2 Å². The Labute approximate surface area is 93.5 Å². The second kappa shape index (κ2) is 3.27. The van der Waals surface area contributed by atoms with Gasteiger partial charge in [-0.3, -0.25) is 4.79 Å². The van der Waals surface area contributed by atoms with Gasteiger partial charge in [0.25, 0.3) is 0 Å². The zero-order chi connectivity index (χ0) is 10.3. The van der Waals surface area contributed by atoms with Gasteiger partial charge in [-0.2, -0.15) is 0 Å². The monoisotopic (exact) mass is 302 g/mol. The number of halogens is 1. The number of hydrogen-bond acceptors (Lipinski definition) is 3. The Bertz CT molecular complexity index is 557. The molecule has 0 aliphatic heterocycles. The summed E-state index contributed by atoms with van der Waals surface area (Å²) in [6.45, 7) is 1.70. The highest BCUT2D eigenvalue weighted by Gasteiger charge is 2.06. The van der Waals surface area contributed by atoms with E-state index in [1.54, 1.807) is 13.0 Å². The van der Waals surface area contributed by atoms with Crippen molar-refractivity contribution < 1.29 is 9.52 Å². The van der Waals surface area contributed by atoms with Gasteiger partial charge in [0, 0.05) is 12.1 Å². The molecule has 1 aromatic heterocycles. The topological polar surface area (TPSA) is 50.4 Å². The summed E-state index contributed by atoms with van der Waals surface area (Å²) in [5.74, 6) is 0.676. The number of phenols is 1. The predicted octanol–water partition coefficient (Wildman–Crippen LogP) is 2.41. The number of hydrogen-bond donors (Lipinski definition) is 1. The fourth-order valence-corrected chi connectivity index (χ4v) is 1.75. The smallest absolute Gasteiger partial charge is 0.192 e. The highest BCUT2D eigenvalue weighted by Crippen LogP contribution is 2.24. The van der Waals surface area contributed by atoms with E-state index < -0.39 is 0 Å². The number of aromatic hydroxyl groups is 1. The fourth-order valence-electron chi connectivity index (χ4n) is 1.28. The van der Waals surface area contributed by atoms with Crippen molar-refractivity contribution in [1.82, 2.24) is 0 Å². The first-order valence-electron chi connectivity index (χ1n) is 4.01. The van der Waals surface area contributed by atoms with Gasteiger partial charge in [0.1, 0.15) is 17.1 Å². The fraction of sp³-hybridized carbons (Fsp3) is 0.100. The number of benzene rings is 1. The Morgan fingerprint density at radius 3 is 2.79 bits per heavy atom. The predicted molar refractivity (Wildman–Crippen MR) is 61.6 cm³/mol. The molecular weight excluding hydrogens is 295 g/mol. The summed E-state index contributed by atoms with van der Waals surface area (Å²) in [5, 5.41) is 9.93. The van der Waals surface area contributed by atoms with Gasteiger partial charge >= 0.3 is 0 Å². The van der Waals surface area contributed by atoms with Crippen LogP contribution in [0.5, 0.6) is 5.75 Å². The Balaban J connectivity index is 2.96. The van der Waals surface area contributed by atoms with Crippen molar-refractivity contribution >= 4 is 33.6 Å². The molecule has 0 unspecified atom stereocenters. The summed E-state index contributed by atoms with van der Waals surface area (Å²) < 4.78 is 5.96. The SMILES string of the molecule is Cc1cc(=O)c2cc(I)c(O)cc2o1. The lowest BCUT2D eigenvalue weighted by molar-refractivity contribution is 0.469. The molecule has 0 saturated heterocycles. The van der Waals surface area contributed by atoms with Gasteiger partial charge < -0.3 is 9.52 Å². The van der Waals surface area contributed by atoms with Crippen LogP contribution in [0.2, 0.25) is 0 Å². The molecule has 1 heterocycles. The molecule has 0 fully saturated rings. The molecule has 4 heteroatoms. The molecule has 1 aromatic carbocycles. The van der Waals surface area contributed by atoms with Crippen LogP contribution in [0.4, 0.5) is 0 Å². The molecule has 0 amide bonds. The molecule has 0 spiro atoms. The molecule has 2 rings (SSSR count). The molecule has 0 bridgehead atoms. The molecule has 0 radical (unpaired) electrons. The van der Waals surface area contributed by atoms with E-state index in [1.807, 2.05) is 22.6 Å². The van der Waals surface area contributed by atoms with Gasteiger partial charge in [0.15, 0.2) is 5.43 Å². The van der Waals surface area contributed by atoms with E-state index in [2.05, 4.69) is 0 Å². The summed E-state index contributed by atoms with van der Waals surface area (Å²) in [5.41, 5.74) is 0.342. The molecule has 0 aliphatic carbocycles. The van der Waals surface area contributed by atoms with Crippen LogP contribution < -0.4 is 5.43 Å². The maximum atomic E-state index is 11.5. The lowest BCUT2D eigenvalue weighted by atomic mass is 10.2. The first-order valence-corrected chi connectivity index (χ1v) is 5.09. The summed E-state index contributed by atoms with van der Waals surface area (Å²) >= 11 is 1.97. The van der Waals surface area contributed by atoms with Crippen LogP contribution in [0, 0.1) is 10.5 Å². The van der Waals surface area contributed by atoms with Crippen molar-refractivity contribution in [3.63, 3.8) is 0 Å². The molecule has 14 heavy (non-hydrogen) atoms. The number of fused-ring (bicyclic) bond motifs is 1. The average molecular weight is 302 g/mol. The minimum absolute atomic E-state index is 0.0818. The van der Waals surface area contributed by atoms with Gasteiger partial charge in [0.05, 0.1) is 8.96 Å². The Morgan fingerprint density at radius 1 is 1.36 bits per heavy atom. The van der Waals surface area contributed by atoms with E-state index in [1.165, 1.54) is 12.1 Å². The van der Waals surface area contributed by atoms with E-state index in [9.17, 15) is 9.90 Å². The number of rotatable bonds is 0. The van der Waals surface area contributed by atoms with Crippen LogP contribution in [-0.4, -0.2) is 5.11 Å². The second-order valence-electron chi connectivity index (χ2n) is 3.02. The van der Waals surface area contributed by atoms with E-state index in [0.29, 0.717) is 20.3 Å². The van der Waals surface area contributed by atoms with Crippen LogP contribution in [-0.2, 0) is 0 Å². The van der Waals surface area contributed by atoms with Crippen LogP contribution in [0.1, 0.15) is 5.76 Å². The van der Waals surface area contributed by atoms with Crippen LogP contribution in [0.3, 0.4) is 0 Å². The summed E-state index contributed by atoms with van der Waals surface area (Å²) in [7, 11) is 0. The summed E-state index contributed by atoms with van der Waals surface area (Å²) in [6.07, 6.45) is 0. The molecule has 72 valence electrons. The Hall–Kier alpha value is -1.04. The maximum absolute atomic E-state index is 11.5. The summed E-state index contributed by atoms with van der Waals surface area (Å²) in [6, 6.07) is 4.53.